The molecule has 3 nitrogen and oxygen atoms in total. The monoisotopic (exact) mass is 324 g/mol. The molecule has 1 aliphatic carbocycles. The molecule has 1 aromatic rings. The van der Waals surface area contributed by atoms with Crippen LogP contribution in [0.2, 0.25) is 5.02 Å². The summed E-state index contributed by atoms with van der Waals surface area (Å²) >= 11 is 5.84. The lowest BCUT2D eigenvalue weighted by Gasteiger charge is -2.41. The Hall–Kier alpha value is -1.06. The summed E-state index contributed by atoms with van der Waals surface area (Å²) in [5.41, 5.74) is 0.555. The molecule has 0 heterocycles. The number of likely N-dealkylation sites (N-methyl/N-ethyl adjacent to an activating group) is 1. The first kappa shape index (κ1) is 17.3. The van der Waals surface area contributed by atoms with Gasteiger partial charge in [-0.15, -0.1) is 0 Å². The second-order valence-corrected chi connectivity index (χ2v) is 7.41. The first-order chi connectivity index (χ1) is 10.4. The number of ether oxygens (including phenoxy) is 1. The van der Waals surface area contributed by atoms with E-state index in [0.29, 0.717) is 16.6 Å². The molecule has 1 atom stereocenters. The van der Waals surface area contributed by atoms with Crippen molar-refractivity contribution in [2.75, 3.05) is 20.6 Å². The summed E-state index contributed by atoms with van der Waals surface area (Å²) in [7, 11) is 4.51. The van der Waals surface area contributed by atoms with Crippen molar-refractivity contribution in [1.29, 1.82) is 0 Å². The number of esters is 1. The molecule has 0 bridgehead atoms. The largest absolute Gasteiger partial charge is 0.453 e. The number of quaternary nitrogens is 1. The SMILES string of the molecule is CC(C[N+](C)(C)C1CCCCC1)OC(=O)c1ccc(Cl)cc1. The predicted octanol–water partition coefficient (Wildman–Crippen LogP) is 4.29. The number of nitrogens with zero attached hydrogens (tertiary/aromatic N) is 1. The lowest BCUT2D eigenvalue weighted by molar-refractivity contribution is -0.918. The second-order valence-electron chi connectivity index (χ2n) is 6.98. The number of hydrogen-bond acceptors (Lipinski definition) is 2. The van der Waals surface area contributed by atoms with E-state index in [2.05, 4.69) is 14.1 Å². The third-order valence-corrected chi connectivity index (χ3v) is 4.93. The summed E-state index contributed by atoms with van der Waals surface area (Å²) in [6.07, 6.45) is 6.48. The molecule has 1 aliphatic rings. The van der Waals surface area contributed by atoms with E-state index in [-0.39, 0.29) is 12.1 Å². The van der Waals surface area contributed by atoms with Gasteiger partial charge in [0.05, 0.1) is 25.7 Å². The number of carbonyl (C=O) groups is 1. The Morgan fingerprint density at radius 3 is 2.41 bits per heavy atom. The molecule has 1 aromatic carbocycles. The van der Waals surface area contributed by atoms with Crippen molar-refractivity contribution in [2.45, 2.75) is 51.2 Å². The lowest BCUT2D eigenvalue weighted by Crippen LogP contribution is -2.53. The molecule has 22 heavy (non-hydrogen) atoms. The van der Waals surface area contributed by atoms with Crippen LogP contribution in [0, 0.1) is 0 Å². The highest BCUT2D eigenvalue weighted by atomic mass is 35.5. The minimum atomic E-state index is -0.271. The predicted molar refractivity (Wildman–Crippen MR) is 90.2 cm³/mol. The standard InChI is InChI=1S/C18H27ClNO2/c1-14(13-20(2,3)17-7-5-4-6-8-17)22-18(21)15-9-11-16(19)12-10-15/h9-12,14,17H,4-8,13H2,1-3H3/q+1. The van der Waals surface area contributed by atoms with Crippen LogP contribution in [-0.2, 0) is 4.74 Å². The Bertz CT molecular complexity index is 492. The molecule has 4 heteroatoms. The summed E-state index contributed by atoms with van der Waals surface area (Å²) in [6, 6.07) is 7.53. The highest BCUT2D eigenvalue weighted by molar-refractivity contribution is 6.30. The molecular formula is C18H27ClNO2+. The fraction of sp³-hybridized carbons (Fsp3) is 0.611. The van der Waals surface area contributed by atoms with Gasteiger partial charge in [-0.25, -0.2) is 4.79 Å². The highest BCUT2D eigenvalue weighted by Crippen LogP contribution is 2.26. The van der Waals surface area contributed by atoms with Gasteiger partial charge in [0.2, 0.25) is 0 Å². The van der Waals surface area contributed by atoms with Crippen molar-refractivity contribution in [3.05, 3.63) is 34.9 Å². The van der Waals surface area contributed by atoms with Crippen molar-refractivity contribution >= 4 is 17.6 Å². The van der Waals surface area contributed by atoms with E-state index in [9.17, 15) is 4.79 Å². The van der Waals surface area contributed by atoms with Crippen LogP contribution in [0.15, 0.2) is 24.3 Å². The molecule has 1 unspecified atom stereocenters. The van der Waals surface area contributed by atoms with Crippen molar-refractivity contribution in [2.24, 2.45) is 0 Å². The molecule has 0 aromatic heterocycles. The van der Waals surface area contributed by atoms with Gasteiger partial charge >= 0.3 is 5.97 Å². The minimum Gasteiger partial charge on any atom is -0.453 e. The van der Waals surface area contributed by atoms with Crippen LogP contribution in [0.4, 0.5) is 0 Å². The number of rotatable bonds is 5. The van der Waals surface area contributed by atoms with Crippen LogP contribution in [0.3, 0.4) is 0 Å². The molecule has 0 saturated heterocycles. The van der Waals surface area contributed by atoms with E-state index in [1.54, 1.807) is 24.3 Å². The number of halogens is 1. The summed E-state index contributed by atoms with van der Waals surface area (Å²) in [6.45, 7) is 2.83. The van der Waals surface area contributed by atoms with Crippen LogP contribution in [0.1, 0.15) is 49.4 Å². The molecule has 122 valence electrons. The van der Waals surface area contributed by atoms with Crippen LogP contribution in [0.5, 0.6) is 0 Å². The van der Waals surface area contributed by atoms with E-state index >= 15 is 0 Å². The zero-order valence-corrected chi connectivity index (χ0v) is 14.6. The molecular weight excluding hydrogens is 298 g/mol. The summed E-state index contributed by atoms with van der Waals surface area (Å²) in [5.74, 6) is -0.271. The third-order valence-electron chi connectivity index (χ3n) is 4.68. The Balaban J connectivity index is 1.89. The molecule has 0 amide bonds. The van der Waals surface area contributed by atoms with Gasteiger partial charge in [0.15, 0.2) is 0 Å². The highest BCUT2D eigenvalue weighted by Gasteiger charge is 2.32. The molecule has 0 N–H and O–H groups in total. The number of hydrogen-bond donors (Lipinski definition) is 0. The molecule has 2 rings (SSSR count). The van der Waals surface area contributed by atoms with Gasteiger partial charge in [0.1, 0.15) is 12.6 Å². The smallest absolute Gasteiger partial charge is 0.338 e. The Morgan fingerprint density at radius 1 is 1.23 bits per heavy atom. The fourth-order valence-electron chi connectivity index (χ4n) is 3.47. The molecule has 0 spiro atoms. The van der Waals surface area contributed by atoms with Crippen molar-refractivity contribution < 1.29 is 14.0 Å². The van der Waals surface area contributed by atoms with E-state index in [4.69, 9.17) is 16.3 Å². The Morgan fingerprint density at radius 2 is 1.82 bits per heavy atom. The van der Waals surface area contributed by atoms with E-state index in [0.717, 1.165) is 11.0 Å². The molecule has 1 fully saturated rings. The van der Waals surface area contributed by atoms with Gasteiger partial charge in [0, 0.05) is 5.02 Å². The normalized spacial score (nSPS) is 18.0. The fourth-order valence-corrected chi connectivity index (χ4v) is 3.59. The number of carbonyl (C=O) groups excluding carboxylic acids is 1. The van der Waals surface area contributed by atoms with Gasteiger partial charge in [-0.05, 0) is 56.9 Å². The quantitative estimate of drug-likeness (QED) is 0.596. The maximum Gasteiger partial charge on any atom is 0.338 e. The third kappa shape index (κ3) is 4.72. The maximum absolute atomic E-state index is 12.2. The maximum atomic E-state index is 12.2. The topological polar surface area (TPSA) is 26.3 Å². The van der Waals surface area contributed by atoms with Crippen LogP contribution in [0.25, 0.3) is 0 Å². The average Bonchev–Trinajstić information content (AvgIpc) is 2.48. The molecule has 0 radical (unpaired) electrons. The molecule has 0 aliphatic heterocycles. The zero-order valence-electron chi connectivity index (χ0n) is 13.8. The van der Waals surface area contributed by atoms with E-state index in [1.807, 2.05) is 6.92 Å². The lowest BCUT2D eigenvalue weighted by atomic mass is 9.93. The Kier molecular flexibility index (Phi) is 5.87. The Labute approximate surface area is 138 Å². The summed E-state index contributed by atoms with van der Waals surface area (Å²) < 4.78 is 6.53. The van der Waals surface area contributed by atoms with E-state index in [1.165, 1.54) is 32.1 Å². The summed E-state index contributed by atoms with van der Waals surface area (Å²) in [4.78, 5) is 12.2. The van der Waals surface area contributed by atoms with Gasteiger partial charge in [-0.2, -0.15) is 0 Å². The average molecular weight is 325 g/mol. The molecule has 1 saturated carbocycles. The first-order valence-electron chi connectivity index (χ1n) is 8.18. The number of benzene rings is 1. The zero-order chi connectivity index (χ0) is 16.2. The van der Waals surface area contributed by atoms with Crippen LogP contribution >= 0.6 is 11.6 Å². The van der Waals surface area contributed by atoms with Gasteiger partial charge in [0.25, 0.3) is 0 Å². The van der Waals surface area contributed by atoms with Gasteiger partial charge < -0.3 is 9.22 Å². The van der Waals surface area contributed by atoms with Crippen molar-refractivity contribution in [3.8, 4) is 0 Å². The first-order valence-corrected chi connectivity index (χ1v) is 8.55. The summed E-state index contributed by atoms with van der Waals surface area (Å²) in [5, 5.41) is 0.625. The van der Waals surface area contributed by atoms with Gasteiger partial charge in [-0.1, -0.05) is 18.0 Å². The second kappa shape index (κ2) is 7.47. The van der Waals surface area contributed by atoms with Crippen LogP contribution in [-0.4, -0.2) is 43.2 Å². The van der Waals surface area contributed by atoms with E-state index < -0.39 is 0 Å². The minimum absolute atomic E-state index is 0.0971. The van der Waals surface area contributed by atoms with Gasteiger partial charge in [-0.3, -0.25) is 0 Å². The van der Waals surface area contributed by atoms with Crippen molar-refractivity contribution in [1.82, 2.24) is 0 Å². The van der Waals surface area contributed by atoms with Crippen molar-refractivity contribution in [3.63, 3.8) is 0 Å². The van der Waals surface area contributed by atoms with Crippen LogP contribution < -0.4 is 0 Å².